The van der Waals surface area contributed by atoms with Crippen LogP contribution in [0.2, 0.25) is 0 Å². The summed E-state index contributed by atoms with van der Waals surface area (Å²) in [4.78, 5) is 11.1. The van der Waals surface area contributed by atoms with Crippen LogP contribution in [0.4, 0.5) is 0 Å². The Morgan fingerprint density at radius 3 is 2.88 bits per heavy atom. The quantitative estimate of drug-likeness (QED) is 0.852. The van der Waals surface area contributed by atoms with Gasteiger partial charge < -0.3 is 5.11 Å². The van der Waals surface area contributed by atoms with Crippen molar-refractivity contribution in [1.29, 1.82) is 0 Å². The third-order valence-electron chi connectivity index (χ3n) is 3.01. The van der Waals surface area contributed by atoms with Gasteiger partial charge in [0.15, 0.2) is 5.69 Å². The summed E-state index contributed by atoms with van der Waals surface area (Å²) < 4.78 is 1.89. The number of hydrogen-bond acceptors (Lipinski definition) is 2. The summed E-state index contributed by atoms with van der Waals surface area (Å²) in [7, 11) is 0. The highest BCUT2D eigenvalue weighted by molar-refractivity contribution is 5.87. The molecule has 0 aliphatic carbocycles. The highest BCUT2D eigenvalue weighted by Crippen LogP contribution is 2.24. The minimum absolute atomic E-state index is 0.269. The molecule has 0 fully saturated rings. The summed E-state index contributed by atoms with van der Waals surface area (Å²) >= 11 is 0. The fraction of sp³-hybridized carbons (Fsp3) is 0.667. The molecule has 0 unspecified atom stereocenters. The van der Waals surface area contributed by atoms with Crippen molar-refractivity contribution in [3.05, 3.63) is 17.0 Å². The van der Waals surface area contributed by atoms with E-state index in [0.717, 1.165) is 43.5 Å². The van der Waals surface area contributed by atoms with Gasteiger partial charge in [-0.25, -0.2) is 4.79 Å². The highest BCUT2D eigenvalue weighted by Gasteiger charge is 2.24. The number of aromatic carboxylic acids is 1. The van der Waals surface area contributed by atoms with Gasteiger partial charge in [0.2, 0.25) is 0 Å². The topological polar surface area (TPSA) is 55.1 Å². The van der Waals surface area contributed by atoms with Crippen LogP contribution in [-0.4, -0.2) is 20.9 Å². The Labute approximate surface area is 95.3 Å². The maximum atomic E-state index is 11.1. The Morgan fingerprint density at radius 2 is 2.25 bits per heavy atom. The zero-order chi connectivity index (χ0) is 11.7. The first-order valence-electron chi connectivity index (χ1n) is 5.91. The van der Waals surface area contributed by atoms with Gasteiger partial charge in [0.25, 0.3) is 0 Å². The number of aryl methyl sites for hydroxylation is 1. The van der Waals surface area contributed by atoms with Crippen LogP contribution in [0.5, 0.6) is 0 Å². The highest BCUT2D eigenvalue weighted by atomic mass is 16.4. The van der Waals surface area contributed by atoms with E-state index in [4.69, 9.17) is 5.11 Å². The van der Waals surface area contributed by atoms with E-state index < -0.39 is 5.97 Å². The molecular weight excluding hydrogens is 204 g/mol. The number of hydrogen-bond donors (Lipinski definition) is 1. The van der Waals surface area contributed by atoms with Crippen molar-refractivity contribution in [2.24, 2.45) is 5.92 Å². The van der Waals surface area contributed by atoms with Crippen molar-refractivity contribution < 1.29 is 9.90 Å². The number of carbonyl (C=O) groups is 1. The number of fused-ring (bicyclic) bond motifs is 1. The molecule has 16 heavy (non-hydrogen) atoms. The van der Waals surface area contributed by atoms with Crippen LogP contribution < -0.4 is 0 Å². The van der Waals surface area contributed by atoms with Crippen molar-refractivity contribution in [2.45, 2.75) is 46.1 Å². The first-order chi connectivity index (χ1) is 7.59. The Balaban J connectivity index is 2.44. The molecule has 1 aromatic rings. The van der Waals surface area contributed by atoms with E-state index in [1.165, 1.54) is 0 Å². The molecule has 0 saturated carbocycles. The van der Waals surface area contributed by atoms with E-state index in [2.05, 4.69) is 18.9 Å². The third-order valence-corrected chi connectivity index (χ3v) is 3.01. The zero-order valence-corrected chi connectivity index (χ0v) is 9.86. The van der Waals surface area contributed by atoms with Gasteiger partial charge in [-0.3, -0.25) is 4.68 Å². The predicted octanol–water partition coefficient (Wildman–Crippen LogP) is 2.12. The summed E-state index contributed by atoms with van der Waals surface area (Å²) in [6, 6.07) is 0. The van der Waals surface area contributed by atoms with Gasteiger partial charge in [0.1, 0.15) is 0 Å². The first-order valence-corrected chi connectivity index (χ1v) is 5.91. The third kappa shape index (κ3) is 1.96. The average molecular weight is 222 g/mol. The molecule has 1 aliphatic heterocycles. The monoisotopic (exact) mass is 222 g/mol. The number of nitrogens with zero attached hydrogens (tertiary/aromatic N) is 2. The number of carboxylic acids is 1. The summed E-state index contributed by atoms with van der Waals surface area (Å²) in [6.07, 6.45) is 4.05. The van der Waals surface area contributed by atoms with E-state index in [9.17, 15) is 4.79 Å². The van der Waals surface area contributed by atoms with E-state index in [0.29, 0.717) is 5.92 Å². The molecule has 0 amide bonds. The van der Waals surface area contributed by atoms with Crippen LogP contribution in [0.1, 0.15) is 48.4 Å². The summed E-state index contributed by atoms with van der Waals surface area (Å²) in [5.41, 5.74) is 2.38. The van der Waals surface area contributed by atoms with Crippen LogP contribution in [0.25, 0.3) is 0 Å². The minimum Gasteiger partial charge on any atom is -0.476 e. The second-order valence-electron chi connectivity index (χ2n) is 4.86. The molecule has 0 aromatic carbocycles. The molecular formula is C12H18N2O2. The Hall–Kier alpha value is -1.32. The van der Waals surface area contributed by atoms with Crippen molar-refractivity contribution in [2.75, 3.05) is 0 Å². The molecule has 2 heterocycles. The van der Waals surface area contributed by atoms with Crippen molar-refractivity contribution >= 4 is 5.97 Å². The van der Waals surface area contributed by atoms with E-state index in [-0.39, 0.29) is 5.69 Å². The van der Waals surface area contributed by atoms with Gasteiger partial charge in [0.05, 0.1) is 0 Å². The molecule has 1 N–H and O–H groups in total. The van der Waals surface area contributed by atoms with Crippen molar-refractivity contribution in [1.82, 2.24) is 9.78 Å². The van der Waals surface area contributed by atoms with E-state index in [1.54, 1.807) is 0 Å². The number of aromatic nitrogens is 2. The molecule has 1 aromatic heterocycles. The molecule has 0 radical (unpaired) electrons. The SMILES string of the molecule is CC(C)Cc1c(C(=O)O)nn2c1CCCC2. The fourth-order valence-corrected chi connectivity index (χ4v) is 2.35. The summed E-state index contributed by atoms with van der Waals surface area (Å²) in [5.74, 6) is -0.425. The Bertz CT molecular complexity index is 407. The van der Waals surface area contributed by atoms with Crippen LogP contribution in [0.3, 0.4) is 0 Å². The van der Waals surface area contributed by atoms with Gasteiger partial charge in [-0.05, 0) is 31.6 Å². The minimum atomic E-state index is -0.891. The van der Waals surface area contributed by atoms with Gasteiger partial charge in [0, 0.05) is 17.8 Å². The Kier molecular flexibility index (Phi) is 2.99. The first kappa shape index (κ1) is 11.2. The molecule has 2 rings (SSSR count). The number of carboxylic acid groups (broad SMARTS) is 1. The van der Waals surface area contributed by atoms with Gasteiger partial charge in [-0.2, -0.15) is 5.10 Å². The van der Waals surface area contributed by atoms with Crippen LogP contribution in [0.15, 0.2) is 0 Å². The second kappa shape index (κ2) is 4.28. The normalized spacial score (nSPS) is 15.2. The maximum Gasteiger partial charge on any atom is 0.356 e. The largest absolute Gasteiger partial charge is 0.476 e. The molecule has 0 spiro atoms. The lowest BCUT2D eigenvalue weighted by Crippen LogP contribution is -2.12. The smallest absolute Gasteiger partial charge is 0.356 e. The molecule has 4 heteroatoms. The lowest BCUT2D eigenvalue weighted by atomic mass is 9.97. The van der Waals surface area contributed by atoms with Gasteiger partial charge in [-0.1, -0.05) is 13.8 Å². The van der Waals surface area contributed by atoms with Crippen molar-refractivity contribution in [3.8, 4) is 0 Å². The molecule has 4 nitrogen and oxygen atoms in total. The summed E-state index contributed by atoms with van der Waals surface area (Å²) in [6.45, 7) is 5.09. The van der Waals surface area contributed by atoms with Crippen LogP contribution in [0, 0.1) is 5.92 Å². The zero-order valence-electron chi connectivity index (χ0n) is 9.86. The van der Waals surface area contributed by atoms with E-state index in [1.807, 2.05) is 4.68 Å². The molecule has 0 bridgehead atoms. The predicted molar refractivity (Wildman–Crippen MR) is 60.7 cm³/mol. The standard InChI is InChI=1S/C12H18N2O2/c1-8(2)7-9-10-5-3-4-6-14(10)13-11(9)12(15)16/h8H,3-7H2,1-2H3,(H,15,16). The van der Waals surface area contributed by atoms with E-state index >= 15 is 0 Å². The molecule has 1 aliphatic rings. The Morgan fingerprint density at radius 1 is 1.50 bits per heavy atom. The lowest BCUT2D eigenvalue weighted by Gasteiger charge is -2.15. The fourth-order valence-electron chi connectivity index (χ4n) is 2.35. The average Bonchev–Trinajstić information content (AvgIpc) is 2.57. The lowest BCUT2D eigenvalue weighted by molar-refractivity contribution is 0.0688. The molecule has 0 saturated heterocycles. The van der Waals surface area contributed by atoms with Gasteiger partial charge >= 0.3 is 5.97 Å². The number of rotatable bonds is 3. The molecule has 0 atom stereocenters. The van der Waals surface area contributed by atoms with Crippen LogP contribution in [-0.2, 0) is 19.4 Å². The maximum absolute atomic E-state index is 11.1. The van der Waals surface area contributed by atoms with Crippen LogP contribution >= 0.6 is 0 Å². The molecule has 88 valence electrons. The van der Waals surface area contributed by atoms with Gasteiger partial charge in [-0.15, -0.1) is 0 Å². The summed E-state index contributed by atoms with van der Waals surface area (Å²) in [5, 5.41) is 13.4. The van der Waals surface area contributed by atoms with Crippen molar-refractivity contribution in [3.63, 3.8) is 0 Å². The second-order valence-corrected chi connectivity index (χ2v) is 4.86.